The van der Waals surface area contributed by atoms with Gasteiger partial charge in [-0.15, -0.1) is 10.2 Å². The number of nitrogens with zero attached hydrogens (tertiary/aromatic N) is 5. The van der Waals surface area contributed by atoms with Crippen molar-refractivity contribution in [1.82, 2.24) is 19.5 Å². The van der Waals surface area contributed by atoms with Crippen molar-refractivity contribution < 1.29 is 8.42 Å². The van der Waals surface area contributed by atoms with Gasteiger partial charge in [0.25, 0.3) is 0 Å². The number of hydrogen-bond acceptors (Lipinski definition) is 6. The van der Waals surface area contributed by atoms with Crippen molar-refractivity contribution in [2.24, 2.45) is 0 Å². The number of hydrogen-bond donors (Lipinski definition) is 0. The number of rotatable bonds is 4. The Morgan fingerprint density at radius 1 is 0.833 bits per heavy atom. The second-order valence-corrected chi connectivity index (χ2v) is 9.51. The first kappa shape index (κ1) is 20.4. The van der Waals surface area contributed by atoms with Crippen LogP contribution >= 0.6 is 0 Å². The third-order valence-corrected chi connectivity index (χ3v) is 7.60. The zero-order valence-electron chi connectivity index (χ0n) is 17.4. The highest BCUT2D eigenvalue weighted by atomic mass is 32.2. The molecule has 4 rings (SSSR count). The molecule has 0 unspecified atom stereocenters. The summed E-state index contributed by atoms with van der Waals surface area (Å²) in [5, 5.41) is 8.67. The topological polar surface area (TPSA) is 79.3 Å². The molecular weight excluding hydrogens is 398 g/mol. The van der Waals surface area contributed by atoms with Gasteiger partial charge in [0.1, 0.15) is 0 Å². The molecule has 2 aromatic heterocycles. The fraction of sp³-hybridized carbons (Fsp3) is 0.318. The van der Waals surface area contributed by atoms with Crippen molar-refractivity contribution >= 4 is 15.8 Å². The van der Waals surface area contributed by atoms with E-state index in [1.165, 1.54) is 0 Å². The molecule has 7 nitrogen and oxygen atoms in total. The summed E-state index contributed by atoms with van der Waals surface area (Å²) in [6.07, 6.45) is 3.45. The monoisotopic (exact) mass is 423 g/mol. The summed E-state index contributed by atoms with van der Waals surface area (Å²) >= 11 is 0. The summed E-state index contributed by atoms with van der Waals surface area (Å²) in [7, 11) is -3.52. The summed E-state index contributed by atoms with van der Waals surface area (Å²) in [6, 6.07) is 11.5. The molecular formula is C22H25N5O2S. The fourth-order valence-electron chi connectivity index (χ4n) is 4.03. The van der Waals surface area contributed by atoms with Crippen molar-refractivity contribution in [2.45, 2.75) is 25.7 Å². The molecule has 156 valence electrons. The van der Waals surface area contributed by atoms with Gasteiger partial charge in [0, 0.05) is 44.1 Å². The maximum Gasteiger partial charge on any atom is 0.243 e. The summed E-state index contributed by atoms with van der Waals surface area (Å²) in [5.41, 5.74) is 4.42. The number of anilines is 1. The van der Waals surface area contributed by atoms with Crippen LogP contribution < -0.4 is 4.90 Å². The van der Waals surface area contributed by atoms with Gasteiger partial charge in [-0.1, -0.05) is 17.7 Å². The Balaban J connectivity index is 1.48. The predicted molar refractivity (Wildman–Crippen MR) is 117 cm³/mol. The molecule has 0 radical (unpaired) electrons. The predicted octanol–water partition coefficient (Wildman–Crippen LogP) is 2.97. The molecule has 1 aliphatic heterocycles. The molecule has 3 aromatic rings. The van der Waals surface area contributed by atoms with Crippen LogP contribution in [0.4, 0.5) is 5.82 Å². The lowest BCUT2D eigenvalue weighted by atomic mass is 10.1. The summed E-state index contributed by atoms with van der Waals surface area (Å²) in [6.45, 7) is 7.70. The second-order valence-electron chi connectivity index (χ2n) is 7.63. The zero-order valence-corrected chi connectivity index (χ0v) is 18.2. The molecule has 30 heavy (non-hydrogen) atoms. The first-order chi connectivity index (χ1) is 14.4. The zero-order chi connectivity index (χ0) is 21.3. The highest BCUT2D eigenvalue weighted by Gasteiger charge is 2.31. The molecule has 0 bridgehead atoms. The van der Waals surface area contributed by atoms with Crippen LogP contribution in [0.5, 0.6) is 0 Å². The molecule has 1 fully saturated rings. The molecule has 8 heteroatoms. The van der Waals surface area contributed by atoms with Crippen LogP contribution in [0.15, 0.2) is 53.7 Å². The lowest BCUT2D eigenvalue weighted by Crippen LogP contribution is -2.49. The SMILES string of the molecule is Cc1cc(C)c(S(=O)(=O)N2CCN(c3ccc(-c4ccncc4)nn3)CC2)c(C)c1. The van der Waals surface area contributed by atoms with Crippen LogP contribution in [0.1, 0.15) is 16.7 Å². The summed E-state index contributed by atoms with van der Waals surface area (Å²) < 4.78 is 28.1. The highest BCUT2D eigenvalue weighted by Crippen LogP contribution is 2.27. The van der Waals surface area contributed by atoms with Crippen molar-refractivity contribution in [2.75, 3.05) is 31.1 Å². The van der Waals surface area contributed by atoms with Gasteiger partial charge in [-0.25, -0.2) is 8.42 Å². The third-order valence-electron chi connectivity index (χ3n) is 5.39. The quantitative estimate of drug-likeness (QED) is 0.642. The van der Waals surface area contributed by atoms with Gasteiger partial charge in [-0.05, 0) is 56.2 Å². The van der Waals surface area contributed by atoms with E-state index < -0.39 is 10.0 Å². The van der Waals surface area contributed by atoms with E-state index in [0.29, 0.717) is 31.1 Å². The number of sulfonamides is 1. The minimum absolute atomic E-state index is 0.420. The van der Waals surface area contributed by atoms with Gasteiger partial charge in [0.2, 0.25) is 10.0 Å². The van der Waals surface area contributed by atoms with E-state index in [1.54, 1.807) is 16.7 Å². The normalized spacial score (nSPS) is 15.4. The maximum absolute atomic E-state index is 13.3. The second kappa shape index (κ2) is 8.12. The van der Waals surface area contributed by atoms with E-state index in [1.807, 2.05) is 57.2 Å². The molecule has 1 aromatic carbocycles. The van der Waals surface area contributed by atoms with Gasteiger partial charge in [0.15, 0.2) is 5.82 Å². The van der Waals surface area contributed by atoms with Crippen LogP contribution in [0.25, 0.3) is 11.3 Å². The van der Waals surface area contributed by atoms with Crippen molar-refractivity contribution in [3.63, 3.8) is 0 Å². The Bertz CT molecular complexity index is 1120. The number of pyridine rings is 1. The molecule has 0 spiro atoms. The van der Waals surface area contributed by atoms with Crippen LogP contribution in [0, 0.1) is 20.8 Å². The van der Waals surface area contributed by atoms with Crippen molar-refractivity contribution in [3.05, 3.63) is 65.5 Å². The van der Waals surface area contributed by atoms with Crippen molar-refractivity contribution in [1.29, 1.82) is 0 Å². The van der Waals surface area contributed by atoms with E-state index in [2.05, 4.69) is 20.1 Å². The maximum atomic E-state index is 13.3. The highest BCUT2D eigenvalue weighted by molar-refractivity contribution is 7.89. The van der Waals surface area contributed by atoms with Gasteiger partial charge >= 0.3 is 0 Å². The standard InChI is InChI=1S/C22H25N5O2S/c1-16-14-17(2)22(18(3)15-16)30(28,29)27-12-10-26(11-13-27)21-5-4-20(24-25-21)19-6-8-23-9-7-19/h4-9,14-15H,10-13H2,1-3H3. The van der Waals surface area contributed by atoms with Gasteiger partial charge in [-0.3, -0.25) is 4.98 Å². The van der Waals surface area contributed by atoms with Crippen LogP contribution in [0.2, 0.25) is 0 Å². The molecule has 1 aliphatic rings. The molecule has 0 amide bonds. The Morgan fingerprint density at radius 2 is 1.47 bits per heavy atom. The molecule has 3 heterocycles. The smallest absolute Gasteiger partial charge is 0.243 e. The molecule has 0 aliphatic carbocycles. The van der Waals surface area contributed by atoms with E-state index >= 15 is 0 Å². The van der Waals surface area contributed by atoms with E-state index in [-0.39, 0.29) is 0 Å². The molecule has 0 N–H and O–H groups in total. The van der Waals surface area contributed by atoms with Gasteiger partial charge in [0.05, 0.1) is 10.6 Å². The van der Waals surface area contributed by atoms with Crippen LogP contribution in [-0.4, -0.2) is 54.1 Å². The largest absolute Gasteiger partial charge is 0.352 e. The lowest BCUT2D eigenvalue weighted by Gasteiger charge is -2.35. The van der Waals surface area contributed by atoms with Crippen LogP contribution in [-0.2, 0) is 10.0 Å². The summed E-state index contributed by atoms with van der Waals surface area (Å²) in [5.74, 6) is 0.757. The van der Waals surface area contributed by atoms with Crippen molar-refractivity contribution in [3.8, 4) is 11.3 Å². The number of benzene rings is 1. The Labute approximate surface area is 177 Å². The minimum Gasteiger partial charge on any atom is -0.352 e. The molecule has 1 saturated heterocycles. The minimum atomic E-state index is -3.52. The Hall–Kier alpha value is -2.84. The van der Waals surface area contributed by atoms with Crippen LogP contribution in [0.3, 0.4) is 0 Å². The van der Waals surface area contributed by atoms with E-state index in [0.717, 1.165) is 33.8 Å². The fourth-order valence-corrected chi connectivity index (χ4v) is 5.86. The lowest BCUT2D eigenvalue weighted by molar-refractivity contribution is 0.383. The summed E-state index contributed by atoms with van der Waals surface area (Å²) in [4.78, 5) is 6.52. The Kier molecular flexibility index (Phi) is 5.53. The third kappa shape index (κ3) is 3.93. The van der Waals surface area contributed by atoms with E-state index in [9.17, 15) is 8.42 Å². The number of piperazine rings is 1. The number of aromatic nitrogens is 3. The average molecular weight is 424 g/mol. The average Bonchev–Trinajstić information content (AvgIpc) is 2.74. The van der Waals surface area contributed by atoms with Gasteiger partial charge in [-0.2, -0.15) is 4.31 Å². The molecule has 0 atom stereocenters. The van der Waals surface area contributed by atoms with Gasteiger partial charge < -0.3 is 4.90 Å². The number of aryl methyl sites for hydroxylation is 3. The first-order valence-electron chi connectivity index (χ1n) is 9.93. The Morgan fingerprint density at radius 3 is 2.03 bits per heavy atom. The first-order valence-corrected chi connectivity index (χ1v) is 11.4. The molecule has 0 saturated carbocycles. The van der Waals surface area contributed by atoms with E-state index in [4.69, 9.17) is 0 Å².